The Bertz CT molecular complexity index is 1910. The first kappa shape index (κ1) is 26.7. The van der Waals surface area contributed by atoms with Gasteiger partial charge in [0.25, 0.3) is 0 Å². The summed E-state index contributed by atoms with van der Waals surface area (Å²) in [6.07, 6.45) is 9.02. The number of fused-ring (bicyclic) bond motifs is 5. The first-order valence-electron chi connectivity index (χ1n) is 15.9. The van der Waals surface area contributed by atoms with Crippen LogP contribution >= 0.6 is 0 Å². The van der Waals surface area contributed by atoms with Crippen LogP contribution in [0, 0.1) is 5.92 Å². The van der Waals surface area contributed by atoms with E-state index in [1.54, 1.807) is 5.57 Å². The third-order valence-electron chi connectivity index (χ3n) is 9.67. The van der Waals surface area contributed by atoms with Crippen LogP contribution < -0.4 is 4.90 Å². The second-order valence-corrected chi connectivity index (χ2v) is 12.5. The highest BCUT2D eigenvalue weighted by Crippen LogP contribution is 2.46. The molecular weight excluding hydrogens is 534 g/mol. The number of rotatable bonds is 6. The number of anilines is 3. The fraction of sp³-hybridized carbons (Fsp3) is 0.167. The minimum absolute atomic E-state index is 0.124. The zero-order valence-electron chi connectivity index (χ0n) is 25.0. The maximum absolute atomic E-state index is 13.9. The van der Waals surface area contributed by atoms with E-state index in [1.165, 1.54) is 22.3 Å². The van der Waals surface area contributed by atoms with Crippen molar-refractivity contribution in [2.45, 2.75) is 38.5 Å². The summed E-state index contributed by atoms with van der Waals surface area (Å²) in [7, 11) is 0. The van der Waals surface area contributed by atoms with Gasteiger partial charge in [0.1, 0.15) is 0 Å². The number of carbonyl (C=O) groups is 1. The molecule has 0 bridgehead atoms. The van der Waals surface area contributed by atoms with Gasteiger partial charge >= 0.3 is 0 Å². The zero-order valence-corrected chi connectivity index (χ0v) is 25.0. The molecule has 0 aromatic heterocycles. The van der Waals surface area contributed by atoms with Gasteiger partial charge in [-0.25, -0.2) is 0 Å². The van der Waals surface area contributed by atoms with Crippen LogP contribution in [0.3, 0.4) is 0 Å². The highest BCUT2D eigenvalue weighted by atomic mass is 16.1. The third kappa shape index (κ3) is 4.62. The molecule has 2 atom stereocenters. The molecule has 214 valence electrons. The van der Waals surface area contributed by atoms with Crippen LogP contribution in [0.15, 0.2) is 139 Å². The van der Waals surface area contributed by atoms with Crippen LogP contribution in [0.5, 0.6) is 0 Å². The predicted octanol–water partition coefficient (Wildman–Crippen LogP) is 10.8. The standard InChI is InChI=1S/C42H35NO/c1-28-16-19-31-26-30(35-14-8-9-15-36(35)39(31)24-28)20-17-29-18-22-37-38-23-21-34(27-41(38)42(44)40(37)25-29)43(32-10-4-2-5-11-32)33-12-6-3-7-13-33/h2-16,18-19,21-23,25,27-28,30H,17,20,24,26H2,1H3. The predicted molar refractivity (Wildman–Crippen MR) is 182 cm³/mol. The molecule has 5 aromatic rings. The number of para-hydroxylation sites is 2. The maximum atomic E-state index is 13.9. The van der Waals surface area contributed by atoms with E-state index in [4.69, 9.17) is 0 Å². The number of hydrogen-bond donors (Lipinski definition) is 0. The van der Waals surface area contributed by atoms with E-state index in [0.717, 1.165) is 65.0 Å². The van der Waals surface area contributed by atoms with Gasteiger partial charge in [0, 0.05) is 28.2 Å². The number of hydrogen-bond acceptors (Lipinski definition) is 2. The van der Waals surface area contributed by atoms with E-state index in [1.807, 2.05) is 12.1 Å². The topological polar surface area (TPSA) is 20.3 Å². The van der Waals surface area contributed by atoms with Crippen LogP contribution in [-0.2, 0) is 6.42 Å². The summed E-state index contributed by atoms with van der Waals surface area (Å²) in [4.78, 5) is 16.1. The largest absolute Gasteiger partial charge is 0.310 e. The van der Waals surface area contributed by atoms with Gasteiger partial charge in [0.2, 0.25) is 0 Å². The molecule has 3 aliphatic rings. The average Bonchev–Trinajstić information content (AvgIpc) is 3.35. The second kappa shape index (κ2) is 11.0. The molecule has 5 aromatic carbocycles. The first-order valence-corrected chi connectivity index (χ1v) is 15.9. The normalized spacial score (nSPS) is 18.0. The second-order valence-electron chi connectivity index (χ2n) is 12.5. The van der Waals surface area contributed by atoms with E-state index in [2.05, 4.69) is 133 Å². The van der Waals surface area contributed by atoms with Crippen molar-refractivity contribution in [2.75, 3.05) is 4.90 Å². The number of allylic oxidation sites excluding steroid dienone is 4. The lowest BCUT2D eigenvalue weighted by Crippen LogP contribution is -2.14. The summed E-state index contributed by atoms with van der Waals surface area (Å²) in [5.74, 6) is 1.22. The van der Waals surface area contributed by atoms with Gasteiger partial charge in [0.05, 0.1) is 0 Å². The molecule has 0 fully saturated rings. The van der Waals surface area contributed by atoms with Gasteiger partial charge in [-0.3, -0.25) is 4.79 Å². The molecule has 8 rings (SSSR count). The van der Waals surface area contributed by atoms with Gasteiger partial charge in [-0.05, 0) is 119 Å². The van der Waals surface area contributed by atoms with E-state index in [0.29, 0.717) is 11.8 Å². The van der Waals surface area contributed by atoms with Crippen molar-refractivity contribution in [1.82, 2.24) is 0 Å². The van der Waals surface area contributed by atoms with Crippen molar-refractivity contribution in [3.8, 4) is 11.1 Å². The number of carbonyl (C=O) groups excluding carboxylic acids is 1. The molecule has 2 heteroatoms. The highest BCUT2D eigenvalue weighted by Gasteiger charge is 2.30. The molecule has 0 heterocycles. The van der Waals surface area contributed by atoms with Crippen LogP contribution in [0.1, 0.15) is 64.7 Å². The molecule has 44 heavy (non-hydrogen) atoms. The fourth-order valence-corrected chi connectivity index (χ4v) is 7.49. The molecule has 0 saturated heterocycles. The average molecular weight is 570 g/mol. The lowest BCUT2D eigenvalue weighted by molar-refractivity contribution is 0.104. The summed E-state index contributed by atoms with van der Waals surface area (Å²) in [5, 5.41) is 0. The Morgan fingerprint density at radius 2 is 1.30 bits per heavy atom. The molecule has 0 N–H and O–H groups in total. The van der Waals surface area contributed by atoms with Crippen molar-refractivity contribution in [3.05, 3.63) is 167 Å². The van der Waals surface area contributed by atoms with Gasteiger partial charge in [-0.1, -0.05) is 97.9 Å². The smallest absolute Gasteiger partial charge is 0.194 e. The Labute approximate surface area is 260 Å². The summed E-state index contributed by atoms with van der Waals surface area (Å²) >= 11 is 0. The molecule has 0 radical (unpaired) electrons. The van der Waals surface area contributed by atoms with Crippen molar-refractivity contribution < 1.29 is 4.79 Å². The highest BCUT2D eigenvalue weighted by molar-refractivity contribution is 6.22. The van der Waals surface area contributed by atoms with Gasteiger partial charge in [-0.2, -0.15) is 0 Å². The fourth-order valence-electron chi connectivity index (χ4n) is 7.49. The monoisotopic (exact) mass is 569 g/mol. The van der Waals surface area contributed by atoms with Gasteiger partial charge < -0.3 is 4.90 Å². The zero-order chi connectivity index (χ0) is 29.6. The molecule has 0 aliphatic heterocycles. The lowest BCUT2D eigenvalue weighted by atomic mass is 9.72. The van der Waals surface area contributed by atoms with Gasteiger partial charge in [0.15, 0.2) is 5.78 Å². The number of benzene rings is 5. The number of nitrogens with zero attached hydrogens (tertiary/aromatic N) is 1. The Morgan fingerprint density at radius 1 is 0.636 bits per heavy atom. The summed E-state index contributed by atoms with van der Waals surface area (Å²) in [6.45, 7) is 2.31. The van der Waals surface area contributed by atoms with Crippen molar-refractivity contribution >= 4 is 28.4 Å². The Kier molecular flexibility index (Phi) is 6.64. The van der Waals surface area contributed by atoms with Crippen molar-refractivity contribution in [2.24, 2.45) is 5.92 Å². The quantitative estimate of drug-likeness (QED) is 0.199. The minimum atomic E-state index is 0.124. The minimum Gasteiger partial charge on any atom is -0.310 e. The van der Waals surface area contributed by atoms with E-state index >= 15 is 0 Å². The molecule has 2 unspecified atom stereocenters. The van der Waals surface area contributed by atoms with E-state index < -0.39 is 0 Å². The Hall–Kier alpha value is -4.95. The van der Waals surface area contributed by atoms with E-state index in [-0.39, 0.29) is 5.78 Å². The maximum Gasteiger partial charge on any atom is 0.194 e. The third-order valence-corrected chi connectivity index (χ3v) is 9.67. The molecule has 0 saturated carbocycles. The van der Waals surface area contributed by atoms with Crippen LogP contribution in [0.2, 0.25) is 0 Å². The Morgan fingerprint density at radius 3 is 2.05 bits per heavy atom. The van der Waals surface area contributed by atoms with E-state index in [9.17, 15) is 4.79 Å². The van der Waals surface area contributed by atoms with Crippen LogP contribution in [0.25, 0.3) is 16.7 Å². The lowest BCUT2D eigenvalue weighted by Gasteiger charge is -2.32. The molecule has 2 nitrogen and oxygen atoms in total. The molecule has 3 aliphatic carbocycles. The molecule has 0 spiro atoms. The molecule has 0 amide bonds. The summed E-state index contributed by atoms with van der Waals surface area (Å²) < 4.78 is 0. The Balaban J connectivity index is 1.06. The summed E-state index contributed by atoms with van der Waals surface area (Å²) in [6, 6.07) is 42.6. The number of aryl methyl sites for hydroxylation is 1. The van der Waals surface area contributed by atoms with Crippen molar-refractivity contribution in [1.29, 1.82) is 0 Å². The van der Waals surface area contributed by atoms with Crippen LogP contribution in [0.4, 0.5) is 17.1 Å². The first-order chi connectivity index (χ1) is 21.6. The molecular formula is C42H35NO. The van der Waals surface area contributed by atoms with Gasteiger partial charge in [-0.15, -0.1) is 0 Å². The van der Waals surface area contributed by atoms with Crippen molar-refractivity contribution in [3.63, 3.8) is 0 Å². The SMILES string of the molecule is CC1C=CC2=C(C1)c1ccccc1C(CCc1ccc3c(c1)C(=O)c1cc(N(c4ccccc4)c4ccccc4)ccc1-3)C2. The van der Waals surface area contributed by atoms with Crippen LogP contribution in [-0.4, -0.2) is 5.78 Å². The number of ketones is 1. The summed E-state index contributed by atoms with van der Waals surface area (Å²) in [5.41, 5.74) is 14.0.